The fraction of sp³-hybridized carbons (Fsp3) is 0.429. The number of amides is 1. The molecular formula is C21H23NO3S. The number of esters is 1. The SMILES string of the molecule is COC(=O)c1c(NC(=O)C2CC2c2ccccc2)sc2c1CCCCC2. The third kappa shape index (κ3) is 3.28. The summed E-state index contributed by atoms with van der Waals surface area (Å²) in [5.41, 5.74) is 2.88. The van der Waals surface area contributed by atoms with Gasteiger partial charge in [-0.25, -0.2) is 4.79 Å². The number of carbonyl (C=O) groups is 2. The van der Waals surface area contributed by atoms with Crippen molar-refractivity contribution in [2.75, 3.05) is 12.4 Å². The van der Waals surface area contributed by atoms with Gasteiger partial charge < -0.3 is 10.1 Å². The molecule has 26 heavy (non-hydrogen) atoms. The van der Waals surface area contributed by atoms with Gasteiger partial charge in [-0.15, -0.1) is 11.3 Å². The fourth-order valence-electron chi connectivity index (χ4n) is 3.91. The summed E-state index contributed by atoms with van der Waals surface area (Å²) in [5.74, 6) is -0.0455. The molecule has 1 fully saturated rings. The molecule has 2 unspecified atom stereocenters. The van der Waals surface area contributed by atoms with Crippen LogP contribution in [0.15, 0.2) is 30.3 Å². The standard InChI is InChI=1S/C21H23NO3S/c1-25-21(24)18-14-10-6-3-7-11-17(14)26-20(18)22-19(23)16-12-15(16)13-8-4-2-5-9-13/h2,4-5,8-9,15-16H,3,6-7,10-12H2,1H3,(H,22,23). The number of anilines is 1. The highest BCUT2D eigenvalue weighted by Crippen LogP contribution is 2.48. The number of carbonyl (C=O) groups excluding carboxylic acids is 2. The van der Waals surface area contributed by atoms with Gasteiger partial charge >= 0.3 is 5.97 Å². The Morgan fingerprint density at radius 2 is 1.88 bits per heavy atom. The second-order valence-corrected chi connectivity index (χ2v) is 8.21. The Morgan fingerprint density at radius 3 is 2.65 bits per heavy atom. The second-order valence-electron chi connectivity index (χ2n) is 7.11. The van der Waals surface area contributed by atoms with Crippen molar-refractivity contribution in [2.24, 2.45) is 5.92 Å². The third-order valence-corrected chi connectivity index (χ3v) is 6.61. The summed E-state index contributed by atoms with van der Waals surface area (Å²) in [6.45, 7) is 0. The number of hydrogen-bond donors (Lipinski definition) is 1. The highest BCUT2D eigenvalue weighted by molar-refractivity contribution is 7.17. The predicted molar refractivity (Wildman–Crippen MR) is 103 cm³/mol. The highest BCUT2D eigenvalue weighted by atomic mass is 32.1. The molecule has 1 saturated carbocycles. The molecule has 0 radical (unpaired) electrons. The van der Waals surface area contributed by atoms with Crippen LogP contribution < -0.4 is 5.32 Å². The van der Waals surface area contributed by atoms with Crippen molar-refractivity contribution in [3.05, 3.63) is 51.9 Å². The Hall–Kier alpha value is -2.14. The van der Waals surface area contributed by atoms with E-state index in [0.29, 0.717) is 10.6 Å². The average molecular weight is 369 g/mol. The molecule has 2 atom stereocenters. The van der Waals surface area contributed by atoms with Gasteiger partial charge in [0.05, 0.1) is 12.7 Å². The summed E-state index contributed by atoms with van der Waals surface area (Å²) >= 11 is 1.56. The summed E-state index contributed by atoms with van der Waals surface area (Å²) < 4.78 is 5.01. The molecule has 5 heteroatoms. The quantitative estimate of drug-likeness (QED) is 0.636. The van der Waals surface area contributed by atoms with Gasteiger partial charge in [0.2, 0.25) is 5.91 Å². The molecule has 0 saturated heterocycles. The van der Waals surface area contributed by atoms with Crippen LogP contribution in [0.25, 0.3) is 0 Å². The Balaban J connectivity index is 1.55. The van der Waals surface area contributed by atoms with E-state index in [2.05, 4.69) is 17.4 Å². The van der Waals surface area contributed by atoms with Crippen molar-refractivity contribution in [1.82, 2.24) is 0 Å². The molecule has 4 nitrogen and oxygen atoms in total. The normalized spacial score (nSPS) is 21.4. The molecule has 2 aromatic rings. The number of fused-ring (bicyclic) bond motifs is 1. The van der Waals surface area contributed by atoms with Crippen LogP contribution in [0.1, 0.15) is 58.0 Å². The van der Waals surface area contributed by atoms with Gasteiger partial charge in [0.25, 0.3) is 0 Å². The first-order valence-corrected chi connectivity index (χ1v) is 10.1. The molecule has 2 aliphatic rings. The number of thiophene rings is 1. The first-order chi connectivity index (χ1) is 12.7. The summed E-state index contributed by atoms with van der Waals surface area (Å²) in [5, 5.41) is 3.72. The van der Waals surface area contributed by atoms with Crippen molar-refractivity contribution in [3.63, 3.8) is 0 Å². The summed E-state index contributed by atoms with van der Waals surface area (Å²) in [6.07, 6.45) is 6.15. The van der Waals surface area contributed by atoms with E-state index in [9.17, 15) is 9.59 Å². The number of methoxy groups -OCH3 is 1. The molecule has 1 aromatic heterocycles. The minimum atomic E-state index is -0.338. The van der Waals surface area contributed by atoms with E-state index in [0.717, 1.165) is 37.7 Å². The molecule has 4 rings (SSSR count). The van der Waals surface area contributed by atoms with Gasteiger partial charge in [-0.05, 0) is 49.1 Å². The largest absolute Gasteiger partial charge is 0.465 e. The maximum atomic E-state index is 12.7. The summed E-state index contributed by atoms with van der Waals surface area (Å²) in [4.78, 5) is 26.3. The smallest absolute Gasteiger partial charge is 0.341 e. The van der Waals surface area contributed by atoms with Gasteiger partial charge in [0, 0.05) is 10.8 Å². The minimum absolute atomic E-state index is 0.00944. The van der Waals surface area contributed by atoms with E-state index in [1.165, 1.54) is 24.0 Å². The van der Waals surface area contributed by atoms with Crippen molar-refractivity contribution < 1.29 is 14.3 Å². The van der Waals surface area contributed by atoms with Gasteiger partial charge in [-0.1, -0.05) is 36.8 Å². The molecule has 0 aliphatic heterocycles. The molecule has 1 amide bonds. The fourth-order valence-corrected chi connectivity index (χ4v) is 5.19. The zero-order chi connectivity index (χ0) is 18.1. The van der Waals surface area contributed by atoms with Crippen molar-refractivity contribution in [3.8, 4) is 0 Å². The summed E-state index contributed by atoms with van der Waals surface area (Å²) in [6, 6.07) is 10.2. The van der Waals surface area contributed by atoms with Crippen LogP contribution in [0, 0.1) is 5.92 Å². The number of aryl methyl sites for hydroxylation is 1. The Morgan fingerprint density at radius 1 is 1.12 bits per heavy atom. The van der Waals surface area contributed by atoms with Gasteiger partial charge in [0.1, 0.15) is 5.00 Å². The monoisotopic (exact) mass is 369 g/mol. The highest BCUT2D eigenvalue weighted by Gasteiger charge is 2.44. The van der Waals surface area contributed by atoms with Crippen molar-refractivity contribution in [2.45, 2.75) is 44.4 Å². The minimum Gasteiger partial charge on any atom is -0.465 e. The molecule has 0 spiro atoms. The topological polar surface area (TPSA) is 55.4 Å². The van der Waals surface area contributed by atoms with Crippen LogP contribution in [0.2, 0.25) is 0 Å². The Kier molecular flexibility index (Phi) is 4.81. The zero-order valence-electron chi connectivity index (χ0n) is 14.9. The maximum absolute atomic E-state index is 12.7. The number of ether oxygens (including phenoxy) is 1. The van der Waals surface area contributed by atoms with E-state index in [-0.39, 0.29) is 23.7 Å². The predicted octanol–water partition coefficient (Wildman–Crippen LogP) is 4.55. The second kappa shape index (κ2) is 7.23. The van der Waals surface area contributed by atoms with E-state index >= 15 is 0 Å². The van der Waals surface area contributed by atoms with Crippen LogP contribution in [0.5, 0.6) is 0 Å². The van der Waals surface area contributed by atoms with E-state index in [4.69, 9.17) is 4.74 Å². The summed E-state index contributed by atoms with van der Waals surface area (Å²) in [7, 11) is 1.40. The molecule has 2 aliphatic carbocycles. The number of rotatable bonds is 4. The number of nitrogens with one attached hydrogen (secondary N) is 1. The third-order valence-electron chi connectivity index (χ3n) is 5.40. The molecule has 1 aromatic carbocycles. The van der Waals surface area contributed by atoms with Crippen LogP contribution >= 0.6 is 11.3 Å². The lowest BCUT2D eigenvalue weighted by atomic mass is 10.1. The van der Waals surface area contributed by atoms with E-state index in [1.54, 1.807) is 11.3 Å². The van der Waals surface area contributed by atoms with Crippen molar-refractivity contribution in [1.29, 1.82) is 0 Å². The van der Waals surface area contributed by atoms with Gasteiger partial charge in [-0.3, -0.25) is 4.79 Å². The van der Waals surface area contributed by atoms with Gasteiger partial charge in [-0.2, -0.15) is 0 Å². The lowest BCUT2D eigenvalue weighted by Crippen LogP contribution is -2.16. The van der Waals surface area contributed by atoms with Crippen LogP contribution in [-0.4, -0.2) is 19.0 Å². The first kappa shape index (κ1) is 17.3. The molecule has 136 valence electrons. The Bertz CT molecular complexity index is 827. The van der Waals surface area contributed by atoms with E-state index in [1.807, 2.05) is 18.2 Å². The van der Waals surface area contributed by atoms with Crippen LogP contribution in [0.4, 0.5) is 5.00 Å². The Labute approximate surface area is 157 Å². The molecule has 1 heterocycles. The first-order valence-electron chi connectivity index (χ1n) is 9.27. The lowest BCUT2D eigenvalue weighted by Gasteiger charge is -2.07. The lowest BCUT2D eigenvalue weighted by molar-refractivity contribution is -0.117. The maximum Gasteiger partial charge on any atom is 0.341 e. The molecule has 1 N–H and O–H groups in total. The molecular weight excluding hydrogens is 346 g/mol. The van der Waals surface area contributed by atoms with Crippen molar-refractivity contribution >= 4 is 28.2 Å². The van der Waals surface area contributed by atoms with Crippen LogP contribution in [-0.2, 0) is 22.4 Å². The van der Waals surface area contributed by atoms with Crippen LogP contribution in [0.3, 0.4) is 0 Å². The van der Waals surface area contributed by atoms with Gasteiger partial charge in [0.15, 0.2) is 0 Å². The molecule has 0 bridgehead atoms. The number of benzene rings is 1. The zero-order valence-corrected chi connectivity index (χ0v) is 15.7. The van der Waals surface area contributed by atoms with E-state index < -0.39 is 0 Å². The average Bonchev–Trinajstić information content (AvgIpc) is 3.43. The number of hydrogen-bond acceptors (Lipinski definition) is 4.